The van der Waals surface area contributed by atoms with Crippen molar-refractivity contribution in [2.75, 3.05) is 0 Å². The highest BCUT2D eigenvalue weighted by Crippen LogP contribution is 2.50. The zero-order valence-electron chi connectivity index (χ0n) is 12.9. The molecule has 0 amide bonds. The fourth-order valence-electron chi connectivity index (χ4n) is 4.67. The number of aliphatic carboxylic acids is 2. The molecule has 0 aromatic heterocycles. The summed E-state index contributed by atoms with van der Waals surface area (Å²) in [5.74, 6) is -4.01. The Balaban J connectivity index is 3.31. The van der Waals surface area contributed by atoms with Crippen LogP contribution in [0.15, 0.2) is 0 Å². The fraction of sp³-hybridized carbons (Fsp3) is 0.875. The van der Waals surface area contributed by atoms with Crippen LogP contribution in [0.4, 0.5) is 0 Å². The lowest BCUT2D eigenvalue weighted by Crippen LogP contribution is -2.57. The molecule has 1 aliphatic carbocycles. The van der Waals surface area contributed by atoms with Gasteiger partial charge in [-0.15, -0.1) is 0 Å². The maximum Gasteiger partial charge on any atom is 0.0454 e. The highest BCUT2D eigenvalue weighted by atomic mass is 16.4. The molecule has 0 aromatic rings. The molecule has 6 atom stereocenters. The number of carboxylic acid groups (broad SMARTS) is 2. The van der Waals surface area contributed by atoms with Crippen molar-refractivity contribution < 1.29 is 19.8 Å². The van der Waals surface area contributed by atoms with E-state index >= 15 is 0 Å². The molecule has 0 radical (unpaired) electrons. The Labute approximate surface area is 121 Å². The van der Waals surface area contributed by atoms with Crippen molar-refractivity contribution in [3.05, 3.63) is 0 Å². The molecular formula is C16H26O4-2. The van der Waals surface area contributed by atoms with Gasteiger partial charge in [0.2, 0.25) is 0 Å². The van der Waals surface area contributed by atoms with Crippen LogP contribution in [0.2, 0.25) is 0 Å². The van der Waals surface area contributed by atoms with Gasteiger partial charge in [-0.25, -0.2) is 0 Å². The molecular weight excluding hydrogens is 256 g/mol. The van der Waals surface area contributed by atoms with Gasteiger partial charge in [0.15, 0.2) is 0 Å². The minimum absolute atomic E-state index is 0.124. The second-order valence-corrected chi connectivity index (χ2v) is 5.98. The predicted molar refractivity (Wildman–Crippen MR) is 72.1 cm³/mol. The Kier molecular flexibility index (Phi) is 6.03. The molecule has 1 aliphatic rings. The molecule has 20 heavy (non-hydrogen) atoms. The zero-order valence-corrected chi connectivity index (χ0v) is 12.9. The summed E-state index contributed by atoms with van der Waals surface area (Å²) in [7, 11) is 0. The molecule has 6 unspecified atom stereocenters. The summed E-state index contributed by atoms with van der Waals surface area (Å²) in [6, 6.07) is 0. The minimum Gasteiger partial charge on any atom is -0.550 e. The average Bonchev–Trinajstić information content (AvgIpc) is 2.42. The lowest BCUT2D eigenvalue weighted by Gasteiger charge is -2.52. The lowest BCUT2D eigenvalue weighted by atomic mass is 9.54. The summed E-state index contributed by atoms with van der Waals surface area (Å²) in [5.41, 5.74) is 0. The maximum absolute atomic E-state index is 11.6. The van der Waals surface area contributed by atoms with Crippen LogP contribution in [0.25, 0.3) is 0 Å². The second-order valence-electron chi connectivity index (χ2n) is 5.98. The van der Waals surface area contributed by atoms with E-state index in [9.17, 15) is 19.8 Å². The number of hydrogen-bond donors (Lipinski definition) is 0. The standard InChI is InChI=1S/C16H28O4/c1-5-9-10(6-2)12(8-4)14(16(19)20)13(15(17)18)11(9)7-3/h9-14H,5-8H2,1-4H3,(H,17,18)(H,19,20)/p-2. The summed E-state index contributed by atoms with van der Waals surface area (Å²) in [5, 5.41) is 23.1. The maximum atomic E-state index is 11.6. The minimum atomic E-state index is -1.22. The molecule has 0 spiro atoms. The highest BCUT2D eigenvalue weighted by Gasteiger charge is 2.48. The smallest absolute Gasteiger partial charge is 0.0454 e. The summed E-state index contributed by atoms with van der Waals surface area (Å²) < 4.78 is 0. The first-order valence-electron chi connectivity index (χ1n) is 7.86. The van der Waals surface area contributed by atoms with Crippen LogP contribution in [0.1, 0.15) is 53.4 Å². The first kappa shape index (κ1) is 17.0. The van der Waals surface area contributed by atoms with Crippen molar-refractivity contribution in [3.8, 4) is 0 Å². The van der Waals surface area contributed by atoms with Gasteiger partial charge in [0.25, 0.3) is 0 Å². The van der Waals surface area contributed by atoms with E-state index < -0.39 is 23.8 Å². The van der Waals surface area contributed by atoms with E-state index in [1.165, 1.54) is 0 Å². The quantitative estimate of drug-likeness (QED) is 0.723. The third kappa shape index (κ3) is 2.84. The summed E-state index contributed by atoms with van der Waals surface area (Å²) in [6.07, 6.45) is 3.12. The van der Waals surface area contributed by atoms with Crippen molar-refractivity contribution in [1.82, 2.24) is 0 Å². The van der Waals surface area contributed by atoms with Gasteiger partial charge in [0.05, 0.1) is 0 Å². The monoisotopic (exact) mass is 282 g/mol. The number of hydrogen-bond acceptors (Lipinski definition) is 4. The zero-order chi connectivity index (χ0) is 15.4. The summed E-state index contributed by atoms with van der Waals surface area (Å²) in [6.45, 7) is 8.01. The van der Waals surface area contributed by atoms with E-state index in [1.807, 2.05) is 13.8 Å². The first-order valence-corrected chi connectivity index (χ1v) is 7.86. The third-order valence-electron chi connectivity index (χ3n) is 5.39. The van der Waals surface area contributed by atoms with Crippen molar-refractivity contribution in [2.45, 2.75) is 53.4 Å². The third-order valence-corrected chi connectivity index (χ3v) is 5.39. The Morgan fingerprint density at radius 2 is 0.900 bits per heavy atom. The normalized spacial score (nSPS) is 37.6. The largest absolute Gasteiger partial charge is 0.550 e. The van der Waals surface area contributed by atoms with E-state index in [0.717, 1.165) is 12.8 Å². The van der Waals surface area contributed by atoms with E-state index in [1.54, 1.807) is 0 Å². The van der Waals surface area contributed by atoms with Gasteiger partial charge in [-0.1, -0.05) is 53.4 Å². The van der Waals surface area contributed by atoms with Crippen LogP contribution in [0.3, 0.4) is 0 Å². The topological polar surface area (TPSA) is 80.3 Å². The number of carbonyl (C=O) groups is 2. The Morgan fingerprint density at radius 1 is 0.650 bits per heavy atom. The molecule has 1 fully saturated rings. The van der Waals surface area contributed by atoms with Gasteiger partial charge in [-0.2, -0.15) is 0 Å². The van der Waals surface area contributed by atoms with Gasteiger partial charge in [0.1, 0.15) is 0 Å². The van der Waals surface area contributed by atoms with Gasteiger partial charge in [-0.3, -0.25) is 0 Å². The number of rotatable bonds is 6. The lowest BCUT2D eigenvalue weighted by molar-refractivity contribution is -0.335. The van der Waals surface area contributed by atoms with Crippen LogP contribution in [-0.4, -0.2) is 11.9 Å². The fourth-order valence-corrected chi connectivity index (χ4v) is 4.67. The second kappa shape index (κ2) is 7.09. The van der Waals surface area contributed by atoms with Gasteiger partial charge < -0.3 is 19.8 Å². The average molecular weight is 282 g/mol. The molecule has 0 N–H and O–H groups in total. The van der Waals surface area contributed by atoms with E-state index in [-0.39, 0.29) is 23.7 Å². The van der Waals surface area contributed by atoms with Crippen LogP contribution < -0.4 is 10.2 Å². The van der Waals surface area contributed by atoms with E-state index in [0.29, 0.717) is 12.8 Å². The van der Waals surface area contributed by atoms with Crippen molar-refractivity contribution in [1.29, 1.82) is 0 Å². The molecule has 0 heterocycles. The molecule has 4 heteroatoms. The Hall–Kier alpha value is -1.06. The Morgan fingerprint density at radius 3 is 1.05 bits per heavy atom. The van der Waals surface area contributed by atoms with Gasteiger partial charge in [0, 0.05) is 23.8 Å². The van der Waals surface area contributed by atoms with Crippen molar-refractivity contribution in [2.24, 2.45) is 35.5 Å². The number of carbonyl (C=O) groups excluding carboxylic acids is 2. The van der Waals surface area contributed by atoms with Gasteiger partial charge in [-0.05, 0) is 23.7 Å². The predicted octanol–water partition coefficient (Wildman–Crippen LogP) is 0.837. The SMILES string of the molecule is CCC1C(CC)C(CC)C(C(=O)[O-])C(C(=O)[O-])C1CC. The van der Waals surface area contributed by atoms with E-state index in [2.05, 4.69) is 13.8 Å². The van der Waals surface area contributed by atoms with Crippen molar-refractivity contribution >= 4 is 11.9 Å². The molecule has 0 aromatic carbocycles. The molecule has 1 rings (SSSR count). The van der Waals surface area contributed by atoms with Crippen LogP contribution >= 0.6 is 0 Å². The first-order chi connectivity index (χ1) is 9.44. The van der Waals surface area contributed by atoms with E-state index in [4.69, 9.17) is 0 Å². The molecule has 0 saturated heterocycles. The van der Waals surface area contributed by atoms with Crippen LogP contribution in [-0.2, 0) is 9.59 Å². The molecule has 116 valence electrons. The van der Waals surface area contributed by atoms with Crippen molar-refractivity contribution in [3.63, 3.8) is 0 Å². The summed E-state index contributed by atoms with van der Waals surface area (Å²) >= 11 is 0. The van der Waals surface area contributed by atoms with Crippen LogP contribution in [0.5, 0.6) is 0 Å². The Bertz CT molecular complexity index is 318. The highest BCUT2D eigenvalue weighted by molar-refractivity contribution is 5.78. The molecule has 4 nitrogen and oxygen atoms in total. The summed E-state index contributed by atoms with van der Waals surface area (Å²) in [4.78, 5) is 23.1. The molecule has 1 saturated carbocycles. The van der Waals surface area contributed by atoms with Gasteiger partial charge >= 0.3 is 0 Å². The molecule has 0 aliphatic heterocycles. The van der Waals surface area contributed by atoms with Crippen LogP contribution in [0, 0.1) is 35.5 Å². The molecule has 0 bridgehead atoms. The number of carboxylic acids is 2.